The maximum atomic E-state index is 13.0. The second-order valence-corrected chi connectivity index (χ2v) is 10.8. The van der Waals surface area contributed by atoms with Crippen molar-refractivity contribution in [3.63, 3.8) is 0 Å². The number of aryl methyl sites for hydroxylation is 2. The molecule has 2 aromatic carbocycles. The summed E-state index contributed by atoms with van der Waals surface area (Å²) in [5.41, 5.74) is 7.16. The van der Waals surface area contributed by atoms with Crippen molar-refractivity contribution in [3.05, 3.63) is 58.1 Å². The minimum Gasteiger partial charge on any atom is -0.307 e. The fourth-order valence-corrected chi connectivity index (χ4v) is 6.46. The molecule has 31 heavy (non-hydrogen) atoms. The normalized spacial score (nSPS) is 22.0. The van der Waals surface area contributed by atoms with Crippen molar-refractivity contribution < 1.29 is 9.00 Å². The van der Waals surface area contributed by atoms with Crippen LogP contribution in [-0.4, -0.2) is 28.7 Å². The molecule has 0 saturated carbocycles. The molecule has 7 heteroatoms. The molecule has 1 saturated heterocycles. The van der Waals surface area contributed by atoms with E-state index in [1.54, 1.807) is 12.1 Å². The van der Waals surface area contributed by atoms with Crippen LogP contribution >= 0.6 is 0 Å². The van der Waals surface area contributed by atoms with Crippen LogP contribution in [0.15, 0.2) is 35.2 Å². The van der Waals surface area contributed by atoms with Gasteiger partial charge in [-0.2, -0.15) is 0 Å². The van der Waals surface area contributed by atoms with Crippen LogP contribution in [0.25, 0.3) is 0 Å². The lowest BCUT2D eigenvalue weighted by atomic mass is 9.99. The summed E-state index contributed by atoms with van der Waals surface area (Å²) in [7, 11) is -1.32. The number of carbonyl (C=O) groups excluding carboxylic acids is 1. The fourth-order valence-electron chi connectivity index (χ4n) is 5.51. The van der Waals surface area contributed by atoms with Gasteiger partial charge in [0.1, 0.15) is 0 Å². The van der Waals surface area contributed by atoms with Crippen molar-refractivity contribution >= 4 is 21.6 Å². The number of benzene rings is 2. The highest BCUT2D eigenvalue weighted by molar-refractivity contribution is 7.91. The molecule has 0 aromatic heterocycles. The van der Waals surface area contributed by atoms with Crippen LogP contribution in [0.1, 0.15) is 59.5 Å². The average Bonchev–Trinajstić information content (AvgIpc) is 3.48. The minimum atomic E-state index is -3.44. The topological polar surface area (TPSA) is 85.3 Å². The van der Waals surface area contributed by atoms with Crippen LogP contribution < -0.4 is 10.0 Å². The zero-order valence-corrected chi connectivity index (χ0v) is 18.8. The molecular formula is C24H30N4O2S. The van der Waals surface area contributed by atoms with Gasteiger partial charge in [0.2, 0.25) is 0 Å². The van der Waals surface area contributed by atoms with Crippen LogP contribution in [0.5, 0.6) is 0 Å². The Balaban J connectivity index is 1.33. The highest BCUT2D eigenvalue weighted by atomic mass is 32.2. The summed E-state index contributed by atoms with van der Waals surface area (Å²) in [5.74, 6) is 0. The second-order valence-electron chi connectivity index (χ2n) is 9.05. The van der Waals surface area contributed by atoms with Crippen molar-refractivity contribution in [1.82, 2.24) is 9.62 Å². The number of urea groups is 1. The third kappa shape index (κ3) is 3.85. The number of rotatable bonds is 4. The Kier molecular flexibility index (Phi) is 5.26. The van der Waals surface area contributed by atoms with E-state index in [9.17, 15) is 9.00 Å². The Morgan fingerprint density at radius 2 is 1.68 bits per heavy atom. The molecule has 164 valence electrons. The maximum absolute atomic E-state index is 13.0. The molecule has 1 fully saturated rings. The molecule has 0 spiro atoms. The summed E-state index contributed by atoms with van der Waals surface area (Å²) in [4.78, 5) is 15.4. The average molecular weight is 439 g/mol. The summed E-state index contributed by atoms with van der Waals surface area (Å²) in [6.45, 7) is 1.08. The molecule has 2 aromatic rings. The molecule has 3 aliphatic rings. The summed E-state index contributed by atoms with van der Waals surface area (Å²) in [6.07, 6.45) is 8.52. The number of hydrogen-bond donors (Lipinski definition) is 3. The number of amides is 2. The Labute approximate surface area is 184 Å². The van der Waals surface area contributed by atoms with Gasteiger partial charge in [-0.1, -0.05) is 18.2 Å². The lowest BCUT2D eigenvalue weighted by molar-refractivity contribution is 0.256. The monoisotopic (exact) mass is 438 g/mol. The number of fused-ring (bicyclic) bond motifs is 2. The number of likely N-dealkylation sites (tertiary alicyclic amines) is 1. The van der Waals surface area contributed by atoms with Crippen molar-refractivity contribution in [3.8, 4) is 0 Å². The third-order valence-electron chi connectivity index (χ3n) is 7.07. The first-order chi connectivity index (χ1) is 14.9. The molecule has 2 aliphatic carbocycles. The van der Waals surface area contributed by atoms with Crippen molar-refractivity contribution in [2.45, 2.75) is 62.3 Å². The van der Waals surface area contributed by atoms with Gasteiger partial charge in [-0.25, -0.2) is 18.5 Å². The molecule has 0 bridgehead atoms. The van der Waals surface area contributed by atoms with E-state index >= 15 is 0 Å². The van der Waals surface area contributed by atoms with Gasteiger partial charge in [0, 0.05) is 11.7 Å². The van der Waals surface area contributed by atoms with Gasteiger partial charge in [-0.15, -0.1) is 0 Å². The molecule has 2 atom stereocenters. The third-order valence-corrected chi connectivity index (χ3v) is 8.47. The minimum absolute atomic E-state index is 0.329. The zero-order valence-electron chi connectivity index (χ0n) is 18.0. The van der Waals surface area contributed by atoms with E-state index in [2.05, 4.69) is 28.1 Å². The summed E-state index contributed by atoms with van der Waals surface area (Å²) in [5, 5.41) is 2.97. The molecule has 2 amide bonds. The molecule has 5 rings (SSSR count). The molecule has 2 unspecified atom stereocenters. The quantitative estimate of drug-likeness (QED) is 0.653. The lowest BCUT2D eigenvalue weighted by Gasteiger charge is -2.20. The van der Waals surface area contributed by atoms with Crippen LogP contribution in [0, 0.1) is 4.78 Å². The summed E-state index contributed by atoms with van der Waals surface area (Å²) in [6, 6.07) is 9.43. The molecule has 3 N–H and O–H groups in total. The first-order valence-corrected chi connectivity index (χ1v) is 12.8. The first kappa shape index (κ1) is 20.5. The molecule has 1 aliphatic heterocycles. The molecule has 6 nitrogen and oxygen atoms in total. The van der Waals surface area contributed by atoms with E-state index in [1.165, 1.54) is 34.2 Å². The van der Waals surface area contributed by atoms with Crippen molar-refractivity contribution in [2.24, 2.45) is 0 Å². The summed E-state index contributed by atoms with van der Waals surface area (Å²) < 4.78 is 23.8. The Morgan fingerprint density at radius 1 is 1.03 bits per heavy atom. The Hall–Kier alpha value is -2.38. The van der Waals surface area contributed by atoms with E-state index in [-0.39, 0.29) is 0 Å². The van der Waals surface area contributed by atoms with Crippen molar-refractivity contribution in [1.29, 1.82) is 4.78 Å². The van der Waals surface area contributed by atoms with E-state index in [4.69, 9.17) is 4.78 Å². The molecule has 0 radical (unpaired) electrons. The van der Waals surface area contributed by atoms with E-state index in [0.29, 0.717) is 10.9 Å². The van der Waals surface area contributed by atoms with E-state index in [0.717, 1.165) is 57.2 Å². The molecule has 1 heterocycles. The van der Waals surface area contributed by atoms with Gasteiger partial charge in [-0.05, 0) is 105 Å². The lowest BCUT2D eigenvalue weighted by Crippen LogP contribution is -2.34. The van der Waals surface area contributed by atoms with E-state index in [1.807, 2.05) is 12.1 Å². The van der Waals surface area contributed by atoms with Crippen LogP contribution in [0.2, 0.25) is 0 Å². The number of carbonyl (C=O) groups is 1. The number of nitrogens with zero attached hydrogens (tertiary/aromatic N) is 1. The smallest absolute Gasteiger partial charge is 0.307 e. The largest absolute Gasteiger partial charge is 0.331 e. The highest BCUT2D eigenvalue weighted by Crippen LogP contribution is 2.38. The highest BCUT2D eigenvalue weighted by Gasteiger charge is 2.26. The van der Waals surface area contributed by atoms with Gasteiger partial charge in [0.05, 0.1) is 4.90 Å². The number of hydrogen-bond acceptors (Lipinski definition) is 4. The number of nitrogens with one attached hydrogen (secondary N) is 3. The number of anilines is 1. The van der Waals surface area contributed by atoms with Gasteiger partial charge in [0.15, 0.2) is 9.92 Å². The SMILES string of the molecule is CN1CCCC1c1ccc(S(=N)(=O)NC(=O)Nc2c3c(cc4c2CCC4)CCC3)cc1. The second kappa shape index (κ2) is 7.95. The standard InChI is InChI=1S/C24H30N4O2S/c1-28-14-4-9-22(28)16-10-12-19(13-11-16)31(25,30)27-24(29)26-23-20-7-2-5-17(20)15-18-6-3-8-21(18)23/h10-13,15,22H,2-9,14H2,1H3,(H3,25,26,27,29,30). The van der Waals surface area contributed by atoms with Gasteiger partial charge < -0.3 is 5.32 Å². The summed E-state index contributed by atoms with van der Waals surface area (Å²) >= 11 is 0. The first-order valence-electron chi connectivity index (χ1n) is 11.3. The maximum Gasteiger partial charge on any atom is 0.331 e. The van der Waals surface area contributed by atoms with Gasteiger partial charge >= 0.3 is 6.03 Å². The Bertz CT molecular complexity index is 1090. The predicted molar refractivity (Wildman–Crippen MR) is 123 cm³/mol. The van der Waals surface area contributed by atoms with E-state index < -0.39 is 15.9 Å². The van der Waals surface area contributed by atoms with Crippen LogP contribution in [-0.2, 0) is 35.6 Å². The fraction of sp³-hybridized carbons (Fsp3) is 0.458. The van der Waals surface area contributed by atoms with Gasteiger partial charge in [-0.3, -0.25) is 4.90 Å². The van der Waals surface area contributed by atoms with Crippen LogP contribution in [0.3, 0.4) is 0 Å². The van der Waals surface area contributed by atoms with Crippen molar-refractivity contribution in [2.75, 3.05) is 18.9 Å². The predicted octanol–water partition coefficient (Wildman–Crippen LogP) is 4.57. The zero-order chi connectivity index (χ0) is 21.6. The van der Waals surface area contributed by atoms with Crippen LogP contribution in [0.4, 0.5) is 10.5 Å². The molecular weight excluding hydrogens is 408 g/mol. The Morgan fingerprint density at radius 3 is 2.26 bits per heavy atom. The van der Waals surface area contributed by atoms with Gasteiger partial charge in [0.25, 0.3) is 0 Å².